The summed E-state index contributed by atoms with van der Waals surface area (Å²) in [6.07, 6.45) is 7.37. The van der Waals surface area contributed by atoms with E-state index in [1.807, 2.05) is 0 Å². The van der Waals surface area contributed by atoms with E-state index in [0.717, 1.165) is 12.8 Å². The summed E-state index contributed by atoms with van der Waals surface area (Å²) >= 11 is 0. The maximum absolute atomic E-state index is 11.2. The Kier molecular flexibility index (Phi) is 4.75. The molecule has 0 atom stereocenters. The van der Waals surface area contributed by atoms with Gasteiger partial charge in [-0.15, -0.1) is 0 Å². The van der Waals surface area contributed by atoms with Crippen LogP contribution in [0.1, 0.15) is 43.1 Å². The Balaban J connectivity index is 2.10. The topological polar surface area (TPSA) is 55.0 Å². The van der Waals surface area contributed by atoms with Crippen molar-refractivity contribution in [2.75, 3.05) is 6.61 Å². The number of aromatic amines is 1. The van der Waals surface area contributed by atoms with Crippen LogP contribution in [0.4, 0.5) is 0 Å². The van der Waals surface area contributed by atoms with Gasteiger partial charge in [-0.1, -0.05) is 26.2 Å². The van der Waals surface area contributed by atoms with Crippen molar-refractivity contribution in [2.24, 2.45) is 0 Å². The maximum Gasteiger partial charge on any atom is 0.356 e. The lowest BCUT2D eigenvalue weighted by Gasteiger charge is -2.01. The second-order valence-corrected chi connectivity index (χ2v) is 3.16. The lowest BCUT2D eigenvalue weighted by atomic mass is 10.2. The van der Waals surface area contributed by atoms with Crippen LogP contribution >= 0.6 is 0 Å². The van der Waals surface area contributed by atoms with E-state index in [2.05, 4.69) is 16.9 Å². The quantitative estimate of drug-likeness (QED) is 0.560. The number of ether oxygens (including phenoxy) is 1. The van der Waals surface area contributed by atoms with Crippen molar-refractivity contribution in [1.82, 2.24) is 9.97 Å². The molecule has 1 rings (SSSR count). The van der Waals surface area contributed by atoms with Gasteiger partial charge in [-0.25, -0.2) is 9.78 Å². The van der Waals surface area contributed by atoms with Gasteiger partial charge in [0.25, 0.3) is 0 Å². The highest BCUT2D eigenvalue weighted by Crippen LogP contribution is 2.01. The third-order valence-electron chi connectivity index (χ3n) is 1.95. The molecule has 1 N–H and O–H groups in total. The molecule has 1 aromatic heterocycles. The molecule has 0 bridgehead atoms. The van der Waals surface area contributed by atoms with Crippen molar-refractivity contribution in [1.29, 1.82) is 0 Å². The molecule has 1 aromatic rings. The molecule has 0 aliphatic heterocycles. The first kappa shape index (κ1) is 10.8. The lowest BCUT2D eigenvalue weighted by molar-refractivity contribution is 0.0491. The maximum atomic E-state index is 11.2. The Labute approximate surface area is 83.7 Å². The van der Waals surface area contributed by atoms with Gasteiger partial charge in [0.2, 0.25) is 0 Å². The average Bonchev–Trinajstić information content (AvgIpc) is 2.70. The zero-order valence-corrected chi connectivity index (χ0v) is 8.45. The molecule has 4 heteroatoms. The highest BCUT2D eigenvalue weighted by Gasteiger charge is 2.06. The van der Waals surface area contributed by atoms with Gasteiger partial charge in [-0.3, -0.25) is 0 Å². The summed E-state index contributed by atoms with van der Waals surface area (Å²) in [6.45, 7) is 2.65. The molecule has 0 unspecified atom stereocenters. The molecule has 14 heavy (non-hydrogen) atoms. The van der Waals surface area contributed by atoms with Crippen LogP contribution in [0.3, 0.4) is 0 Å². The molecule has 0 amide bonds. The van der Waals surface area contributed by atoms with Crippen LogP contribution in [-0.4, -0.2) is 22.5 Å². The van der Waals surface area contributed by atoms with E-state index in [1.54, 1.807) is 0 Å². The molecule has 0 saturated heterocycles. The number of carbonyl (C=O) groups excluding carboxylic acids is 1. The fraction of sp³-hybridized carbons (Fsp3) is 0.600. The van der Waals surface area contributed by atoms with Crippen LogP contribution in [0, 0.1) is 0 Å². The fourth-order valence-electron chi connectivity index (χ4n) is 1.14. The summed E-state index contributed by atoms with van der Waals surface area (Å²) in [5, 5.41) is 0. The van der Waals surface area contributed by atoms with E-state index in [4.69, 9.17) is 4.74 Å². The van der Waals surface area contributed by atoms with E-state index >= 15 is 0 Å². The Morgan fingerprint density at radius 3 is 3.00 bits per heavy atom. The molecular formula is C10H16N2O2. The van der Waals surface area contributed by atoms with Crippen LogP contribution in [0.15, 0.2) is 12.5 Å². The number of hydrogen-bond acceptors (Lipinski definition) is 3. The molecule has 0 fully saturated rings. The van der Waals surface area contributed by atoms with Crippen LogP contribution in [-0.2, 0) is 4.74 Å². The Morgan fingerprint density at radius 1 is 1.50 bits per heavy atom. The predicted molar refractivity (Wildman–Crippen MR) is 53.0 cm³/mol. The highest BCUT2D eigenvalue weighted by molar-refractivity contribution is 5.86. The predicted octanol–water partition coefficient (Wildman–Crippen LogP) is 2.15. The smallest absolute Gasteiger partial charge is 0.356 e. The largest absolute Gasteiger partial charge is 0.461 e. The first-order valence-corrected chi connectivity index (χ1v) is 5.00. The van der Waals surface area contributed by atoms with Gasteiger partial charge >= 0.3 is 5.97 Å². The number of carbonyl (C=O) groups is 1. The zero-order valence-electron chi connectivity index (χ0n) is 8.45. The monoisotopic (exact) mass is 196 g/mol. The van der Waals surface area contributed by atoms with E-state index in [1.165, 1.54) is 25.4 Å². The molecule has 0 radical (unpaired) electrons. The molecule has 4 nitrogen and oxygen atoms in total. The van der Waals surface area contributed by atoms with Crippen molar-refractivity contribution >= 4 is 5.97 Å². The highest BCUT2D eigenvalue weighted by atomic mass is 16.5. The number of hydrogen-bond donors (Lipinski definition) is 1. The molecule has 0 spiro atoms. The van der Waals surface area contributed by atoms with Gasteiger partial charge in [0.05, 0.1) is 19.1 Å². The Hall–Kier alpha value is -1.32. The van der Waals surface area contributed by atoms with Crippen molar-refractivity contribution in [3.63, 3.8) is 0 Å². The molecule has 0 saturated carbocycles. The molecular weight excluding hydrogens is 180 g/mol. The summed E-state index contributed by atoms with van der Waals surface area (Å²) in [7, 11) is 0. The minimum atomic E-state index is -0.320. The normalized spacial score (nSPS) is 10.1. The van der Waals surface area contributed by atoms with Gasteiger partial charge < -0.3 is 9.72 Å². The SMILES string of the molecule is CCCCCCOC(=O)c1cnc[nH]1. The average molecular weight is 196 g/mol. The van der Waals surface area contributed by atoms with Gasteiger partial charge in [-0.05, 0) is 6.42 Å². The molecule has 1 heterocycles. The van der Waals surface area contributed by atoms with E-state index in [0.29, 0.717) is 12.3 Å². The van der Waals surface area contributed by atoms with Gasteiger partial charge in [0, 0.05) is 0 Å². The van der Waals surface area contributed by atoms with Gasteiger partial charge in [0.15, 0.2) is 0 Å². The van der Waals surface area contributed by atoms with E-state index < -0.39 is 0 Å². The van der Waals surface area contributed by atoms with E-state index in [-0.39, 0.29) is 5.97 Å². The number of unbranched alkanes of at least 4 members (excludes halogenated alkanes) is 3. The first-order valence-electron chi connectivity index (χ1n) is 5.00. The summed E-state index contributed by atoms with van der Waals surface area (Å²) in [5.41, 5.74) is 0.417. The number of H-pyrrole nitrogens is 1. The summed E-state index contributed by atoms with van der Waals surface area (Å²) in [4.78, 5) is 17.7. The number of imidazole rings is 1. The molecule has 78 valence electrons. The molecule has 0 aliphatic rings. The molecule has 0 aromatic carbocycles. The van der Waals surface area contributed by atoms with Gasteiger partial charge in [-0.2, -0.15) is 0 Å². The lowest BCUT2D eigenvalue weighted by Crippen LogP contribution is -2.06. The van der Waals surface area contributed by atoms with E-state index in [9.17, 15) is 4.79 Å². The molecule has 0 aliphatic carbocycles. The summed E-state index contributed by atoms with van der Waals surface area (Å²) in [5.74, 6) is -0.320. The fourth-order valence-corrected chi connectivity index (χ4v) is 1.14. The van der Waals surface area contributed by atoms with Crippen LogP contribution < -0.4 is 0 Å². The first-order chi connectivity index (χ1) is 6.84. The Bertz CT molecular complexity index is 257. The van der Waals surface area contributed by atoms with Crippen molar-refractivity contribution < 1.29 is 9.53 Å². The van der Waals surface area contributed by atoms with Crippen LogP contribution in [0.25, 0.3) is 0 Å². The van der Waals surface area contributed by atoms with Crippen molar-refractivity contribution in [2.45, 2.75) is 32.6 Å². The van der Waals surface area contributed by atoms with Gasteiger partial charge in [0.1, 0.15) is 5.69 Å². The minimum absolute atomic E-state index is 0.320. The Morgan fingerprint density at radius 2 is 2.36 bits per heavy atom. The number of aromatic nitrogens is 2. The van der Waals surface area contributed by atoms with Crippen molar-refractivity contribution in [3.05, 3.63) is 18.2 Å². The zero-order chi connectivity index (χ0) is 10.2. The van der Waals surface area contributed by atoms with Crippen LogP contribution in [0.5, 0.6) is 0 Å². The third kappa shape index (κ3) is 3.60. The number of esters is 1. The second kappa shape index (κ2) is 6.18. The second-order valence-electron chi connectivity index (χ2n) is 3.16. The standard InChI is InChI=1S/C10H16N2O2/c1-2-3-4-5-6-14-10(13)9-7-11-8-12-9/h7-8H,2-6H2,1H3,(H,11,12). The van der Waals surface area contributed by atoms with Crippen LogP contribution in [0.2, 0.25) is 0 Å². The number of nitrogens with one attached hydrogen (secondary N) is 1. The summed E-state index contributed by atoms with van der Waals surface area (Å²) < 4.78 is 5.02. The summed E-state index contributed by atoms with van der Waals surface area (Å²) in [6, 6.07) is 0. The number of rotatable bonds is 6. The minimum Gasteiger partial charge on any atom is -0.461 e. The number of nitrogens with zero attached hydrogens (tertiary/aromatic N) is 1. The van der Waals surface area contributed by atoms with Crippen molar-refractivity contribution in [3.8, 4) is 0 Å². The third-order valence-corrected chi connectivity index (χ3v) is 1.95.